The van der Waals surface area contributed by atoms with Gasteiger partial charge in [-0.3, -0.25) is 14.4 Å². The summed E-state index contributed by atoms with van der Waals surface area (Å²) in [4.78, 5) is 38.1. The van der Waals surface area contributed by atoms with Crippen molar-refractivity contribution in [1.82, 2.24) is 0 Å². The Bertz CT molecular complexity index is 978. The fraction of sp³-hybridized carbons (Fsp3) is 0.912. The number of ether oxygens (including phenoxy) is 3. The molecule has 6 nitrogen and oxygen atoms in total. The Kier molecular flexibility index (Phi) is 51.2. The number of allylic oxidation sites excluding steroid dienone is 2. The SMILES string of the molecule is CCCCCCCC/C=C/CCCCCCCCCCCC(=O)OC[C@@H](COC(=O)CCCCCCCCCCCCCCC)OC(=O)CCCCCCCCCCCCCCC. The van der Waals surface area contributed by atoms with Crippen molar-refractivity contribution in [3.8, 4) is 0 Å². The van der Waals surface area contributed by atoms with Crippen LogP contribution in [0.2, 0.25) is 0 Å². The van der Waals surface area contributed by atoms with Crippen LogP contribution in [0, 0.1) is 0 Å². The molecule has 0 aliphatic rings. The van der Waals surface area contributed by atoms with E-state index in [9.17, 15) is 14.4 Å². The van der Waals surface area contributed by atoms with Crippen LogP contribution in [-0.2, 0) is 28.6 Å². The molecule has 0 heterocycles. The average molecular weight is 889 g/mol. The Hall–Kier alpha value is -1.85. The maximum absolute atomic E-state index is 12.8. The topological polar surface area (TPSA) is 78.9 Å². The van der Waals surface area contributed by atoms with Gasteiger partial charge in [-0.1, -0.05) is 264 Å². The van der Waals surface area contributed by atoms with Gasteiger partial charge in [0.15, 0.2) is 6.10 Å². The Morgan fingerprint density at radius 1 is 0.302 bits per heavy atom. The van der Waals surface area contributed by atoms with Crippen LogP contribution in [0.5, 0.6) is 0 Å². The van der Waals surface area contributed by atoms with E-state index in [0.29, 0.717) is 19.3 Å². The van der Waals surface area contributed by atoms with E-state index in [1.807, 2.05) is 0 Å². The summed E-state index contributed by atoms with van der Waals surface area (Å²) < 4.78 is 16.9. The maximum atomic E-state index is 12.8. The van der Waals surface area contributed by atoms with Gasteiger partial charge in [0.2, 0.25) is 0 Å². The second kappa shape index (κ2) is 52.8. The third-order valence-corrected chi connectivity index (χ3v) is 12.8. The Balaban J connectivity index is 4.28. The van der Waals surface area contributed by atoms with E-state index in [2.05, 4.69) is 32.9 Å². The lowest BCUT2D eigenvalue weighted by atomic mass is 10.0. The molecule has 0 aromatic carbocycles. The number of esters is 3. The molecule has 0 saturated carbocycles. The summed E-state index contributed by atoms with van der Waals surface area (Å²) in [5.74, 6) is -0.845. The van der Waals surface area contributed by atoms with E-state index >= 15 is 0 Å². The third kappa shape index (κ3) is 51.0. The van der Waals surface area contributed by atoms with Gasteiger partial charge >= 0.3 is 17.9 Å². The second-order valence-electron chi connectivity index (χ2n) is 19.2. The minimum absolute atomic E-state index is 0.0646. The molecular formula is C57H108O6. The second-order valence-corrected chi connectivity index (χ2v) is 19.2. The number of unbranched alkanes of at least 4 members (excludes halogenated alkanes) is 39. The van der Waals surface area contributed by atoms with Gasteiger partial charge in [-0.2, -0.15) is 0 Å². The predicted octanol–water partition coefficient (Wildman–Crippen LogP) is 18.5. The first kappa shape index (κ1) is 61.1. The minimum atomic E-state index is -0.764. The van der Waals surface area contributed by atoms with Crippen LogP contribution in [0.25, 0.3) is 0 Å². The number of hydrogen-bond donors (Lipinski definition) is 0. The molecule has 0 fully saturated rings. The van der Waals surface area contributed by atoms with Crippen molar-refractivity contribution in [3.63, 3.8) is 0 Å². The largest absolute Gasteiger partial charge is 0.462 e. The molecular weight excluding hydrogens is 781 g/mol. The van der Waals surface area contributed by atoms with Crippen molar-refractivity contribution in [2.45, 2.75) is 322 Å². The van der Waals surface area contributed by atoms with Crippen LogP contribution >= 0.6 is 0 Å². The molecule has 1 atom stereocenters. The lowest BCUT2D eigenvalue weighted by Crippen LogP contribution is -2.30. The first-order valence-corrected chi connectivity index (χ1v) is 28.2. The zero-order chi connectivity index (χ0) is 45.8. The van der Waals surface area contributed by atoms with Gasteiger partial charge in [0.25, 0.3) is 0 Å². The highest BCUT2D eigenvalue weighted by Crippen LogP contribution is 2.17. The molecule has 0 aliphatic carbocycles. The summed E-state index contributed by atoms with van der Waals surface area (Å²) in [6, 6.07) is 0. The highest BCUT2D eigenvalue weighted by molar-refractivity contribution is 5.71. The van der Waals surface area contributed by atoms with Gasteiger partial charge in [0.05, 0.1) is 0 Å². The fourth-order valence-corrected chi connectivity index (χ4v) is 8.50. The number of rotatable bonds is 52. The predicted molar refractivity (Wildman–Crippen MR) is 270 cm³/mol. The molecule has 0 aromatic rings. The van der Waals surface area contributed by atoms with E-state index in [1.54, 1.807) is 0 Å². The first-order chi connectivity index (χ1) is 31.0. The molecule has 0 unspecified atom stereocenters. The van der Waals surface area contributed by atoms with E-state index in [-0.39, 0.29) is 31.1 Å². The van der Waals surface area contributed by atoms with E-state index < -0.39 is 6.10 Å². The van der Waals surface area contributed by atoms with Crippen LogP contribution < -0.4 is 0 Å². The molecule has 0 aromatic heterocycles. The Labute approximate surface area is 392 Å². The Morgan fingerprint density at radius 2 is 0.524 bits per heavy atom. The molecule has 0 aliphatic heterocycles. The van der Waals surface area contributed by atoms with Gasteiger partial charge in [-0.15, -0.1) is 0 Å². The van der Waals surface area contributed by atoms with Gasteiger partial charge in [0.1, 0.15) is 13.2 Å². The lowest BCUT2D eigenvalue weighted by molar-refractivity contribution is -0.167. The zero-order valence-corrected chi connectivity index (χ0v) is 42.6. The van der Waals surface area contributed by atoms with E-state index in [4.69, 9.17) is 14.2 Å². The molecule has 0 rings (SSSR count). The maximum Gasteiger partial charge on any atom is 0.306 e. The first-order valence-electron chi connectivity index (χ1n) is 28.2. The smallest absolute Gasteiger partial charge is 0.306 e. The van der Waals surface area contributed by atoms with Gasteiger partial charge in [-0.05, 0) is 44.9 Å². The number of carbonyl (C=O) groups excluding carboxylic acids is 3. The molecule has 0 N–H and O–H groups in total. The van der Waals surface area contributed by atoms with Gasteiger partial charge in [-0.25, -0.2) is 0 Å². The van der Waals surface area contributed by atoms with Crippen LogP contribution in [0.4, 0.5) is 0 Å². The third-order valence-electron chi connectivity index (χ3n) is 12.8. The molecule has 63 heavy (non-hydrogen) atoms. The Morgan fingerprint density at radius 3 is 0.794 bits per heavy atom. The van der Waals surface area contributed by atoms with E-state index in [1.165, 1.54) is 218 Å². The van der Waals surface area contributed by atoms with Crippen molar-refractivity contribution >= 4 is 17.9 Å². The molecule has 0 saturated heterocycles. The van der Waals surface area contributed by atoms with Crippen molar-refractivity contribution in [3.05, 3.63) is 12.2 Å². The monoisotopic (exact) mass is 889 g/mol. The number of carbonyl (C=O) groups is 3. The van der Waals surface area contributed by atoms with Crippen LogP contribution in [-0.4, -0.2) is 37.2 Å². The highest BCUT2D eigenvalue weighted by atomic mass is 16.6. The highest BCUT2D eigenvalue weighted by Gasteiger charge is 2.19. The van der Waals surface area contributed by atoms with Crippen molar-refractivity contribution in [2.24, 2.45) is 0 Å². The lowest BCUT2D eigenvalue weighted by Gasteiger charge is -2.18. The number of hydrogen-bond acceptors (Lipinski definition) is 6. The van der Waals surface area contributed by atoms with Crippen LogP contribution in [0.3, 0.4) is 0 Å². The average Bonchev–Trinajstić information content (AvgIpc) is 3.28. The van der Waals surface area contributed by atoms with Crippen molar-refractivity contribution in [1.29, 1.82) is 0 Å². The molecule has 372 valence electrons. The molecule has 0 amide bonds. The normalized spacial score (nSPS) is 12.0. The quantitative estimate of drug-likeness (QED) is 0.0262. The van der Waals surface area contributed by atoms with Crippen molar-refractivity contribution in [2.75, 3.05) is 13.2 Å². The summed E-state index contributed by atoms with van der Waals surface area (Å²) in [6.07, 6.45) is 59.1. The zero-order valence-electron chi connectivity index (χ0n) is 42.6. The van der Waals surface area contributed by atoms with Crippen LogP contribution in [0.1, 0.15) is 316 Å². The summed E-state index contributed by atoms with van der Waals surface area (Å²) in [7, 11) is 0. The molecule has 0 bridgehead atoms. The molecule has 6 heteroatoms. The van der Waals surface area contributed by atoms with Crippen molar-refractivity contribution < 1.29 is 28.6 Å². The molecule has 0 radical (unpaired) electrons. The fourth-order valence-electron chi connectivity index (χ4n) is 8.50. The molecule has 0 spiro atoms. The van der Waals surface area contributed by atoms with Gasteiger partial charge in [0, 0.05) is 19.3 Å². The summed E-state index contributed by atoms with van der Waals surface area (Å²) >= 11 is 0. The summed E-state index contributed by atoms with van der Waals surface area (Å²) in [6.45, 7) is 6.68. The summed E-state index contributed by atoms with van der Waals surface area (Å²) in [5, 5.41) is 0. The minimum Gasteiger partial charge on any atom is -0.462 e. The van der Waals surface area contributed by atoms with Gasteiger partial charge < -0.3 is 14.2 Å². The van der Waals surface area contributed by atoms with E-state index in [0.717, 1.165) is 57.8 Å². The summed E-state index contributed by atoms with van der Waals surface area (Å²) in [5.41, 5.74) is 0. The van der Waals surface area contributed by atoms with Crippen LogP contribution in [0.15, 0.2) is 12.2 Å². The standard InChI is InChI=1S/C57H108O6/c1-4-7-10-13-16-19-22-25-26-27-28-29-30-33-35-38-41-44-47-50-56(59)62-53-54(63-57(60)51-48-45-42-39-36-32-24-21-18-15-12-9-6-3)52-61-55(58)49-46-43-40-37-34-31-23-20-17-14-11-8-5-2/h25-26,54H,4-24,27-53H2,1-3H3/b26-25+/t54-/m1/s1.